The van der Waals surface area contributed by atoms with Gasteiger partial charge in [-0.15, -0.1) is 0 Å². The van der Waals surface area contributed by atoms with Gasteiger partial charge in [0.25, 0.3) is 0 Å². The summed E-state index contributed by atoms with van der Waals surface area (Å²) in [5.41, 5.74) is 3.22. The summed E-state index contributed by atoms with van der Waals surface area (Å²) in [6.45, 7) is 6.41. The molecule has 33 heavy (non-hydrogen) atoms. The number of alkyl halides is 3. The Kier molecular flexibility index (Phi) is 6.08. The number of nitrogens with zero attached hydrogens (tertiary/aromatic N) is 2. The predicted octanol–water partition coefficient (Wildman–Crippen LogP) is 6.66. The number of nitrogens with one attached hydrogen (secondary N) is 1. The summed E-state index contributed by atoms with van der Waals surface area (Å²) < 4.78 is 42.4. The molecule has 2 unspecified atom stereocenters. The summed E-state index contributed by atoms with van der Waals surface area (Å²) in [6.07, 6.45) is -2.68. The molecule has 2 atom stereocenters. The number of benzene rings is 2. The van der Waals surface area contributed by atoms with E-state index in [1.807, 2.05) is 18.2 Å². The van der Waals surface area contributed by atoms with Crippen molar-refractivity contribution in [2.75, 3.05) is 5.32 Å². The molecule has 0 aliphatic carbocycles. The number of halogens is 3. The minimum absolute atomic E-state index is 0.0432. The van der Waals surface area contributed by atoms with E-state index in [9.17, 15) is 18.0 Å². The molecule has 0 spiro atoms. The van der Waals surface area contributed by atoms with Gasteiger partial charge in [-0.1, -0.05) is 75.4 Å². The SMILES string of the molecule is CC(C)(C)c1ccc(CCC(=O)c2cnn3c2NC(c2ccccc2)CC3C(F)(F)F)cc1. The zero-order chi connectivity index (χ0) is 23.8. The molecular formula is C26H28F3N3O. The van der Waals surface area contributed by atoms with Crippen molar-refractivity contribution >= 4 is 11.6 Å². The number of rotatable bonds is 5. The first kappa shape index (κ1) is 23.1. The van der Waals surface area contributed by atoms with Crippen LogP contribution in [-0.4, -0.2) is 21.7 Å². The van der Waals surface area contributed by atoms with Gasteiger partial charge in [0.1, 0.15) is 5.82 Å². The third-order valence-electron chi connectivity index (χ3n) is 6.20. The van der Waals surface area contributed by atoms with Crippen LogP contribution in [0.15, 0.2) is 60.8 Å². The Hall–Kier alpha value is -3.09. The molecule has 1 aliphatic rings. The van der Waals surface area contributed by atoms with Crippen LogP contribution >= 0.6 is 0 Å². The highest BCUT2D eigenvalue weighted by Gasteiger charge is 2.47. The van der Waals surface area contributed by atoms with Crippen LogP contribution in [0.4, 0.5) is 19.0 Å². The minimum Gasteiger partial charge on any atom is -0.363 e. The van der Waals surface area contributed by atoms with Crippen molar-refractivity contribution in [2.45, 2.75) is 63.7 Å². The Morgan fingerprint density at radius 2 is 1.73 bits per heavy atom. The van der Waals surface area contributed by atoms with E-state index in [-0.39, 0.29) is 35.4 Å². The topological polar surface area (TPSA) is 46.9 Å². The molecule has 0 amide bonds. The molecule has 3 aromatic rings. The third kappa shape index (κ3) is 4.97. The van der Waals surface area contributed by atoms with E-state index in [2.05, 4.69) is 43.3 Å². The van der Waals surface area contributed by atoms with Crippen molar-refractivity contribution in [2.24, 2.45) is 0 Å². The van der Waals surface area contributed by atoms with Crippen molar-refractivity contribution in [3.8, 4) is 0 Å². The maximum absolute atomic E-state index is 13.8. The first-order chi connectivity index (χ1) is 15.5. The Bertz CT molecular complexity index is 1110. The van der Waals surface area contributed by atoms with E-state index in [0.717, 1.165) is 15.8 Å². The molecule has 1 N–H and O–H groups in total. The lowest BCUT2D eigenvalue weighted by molar-refractivity contribution is -0.173. The Balaban J connectivity index is 1.55. The smallest absolute Gasteiger partial charge is 0.363 e. The van der Waals surface area contributed by atoms with Gasteiger partial charge in [-0.2, -0.15) is 18.3 Å². The lowest BCUT2D eigenvalue weighted by Gasteiger charge is -2.34. The molecule has 4 nitrogen and oxygen atoms in total. The molecule has 0 saturated heterocycles. The van der Waals surface area contributed by atoms with Crippen LogP contribution in [0.1, 0.15) is 72.7 Å². The average molecular weight is 456 g/mol. The molecule has 0 fully saturated rings. The van der Waals surface area contributed by atoms with Gasteiger partial charge in [-0.3, -0.25) is 4.79 Å². The molecule has 1 aliphatic heterocycles. The van der Waals surface area contributed by atoms with Gasteiger partial charge >= 0.3 is 6.18 Å². The number of anilines is 1. The Labute approximate surface area is 191 Å². The van der Waals surface area contributed by atoms with Gasteiger partial charge < -0.3 is 5.32 Å². The summed E-state index contributed by atoms with van der Waals surface area (Å²) in [7, 11) is 0. The number of hydrogen-bond acceptors (Lipinski definition) is 3. The number of Topliss-reactive ketones (excluding diaryl/α,β-unsaturated/α-hetero) is 1. The molecule has 0 radical (unpaired) electrons. The lowest BCUT2D eigenvalue weighted by Crippen LogP contribution is -2.36. The molecule has 0 saturated carbocycles. The molecule has 2 heterocycles. The van der Waals surface area contributed by atoms with Crippen molar-refractivity contribution in [3.05, 3.63) is 83.0 Å². The second-order valence-corrected chi connectivity index (χ2v) is 9.62. The van der Waals surface area contributed by atoms with E-state index in [4.69, 9.17) is 0 Å². The average Bonchev–Trinajstić information content (AvgIpc) is 3.20. The van der Waals surface area contributed by atoms with Crippen molar-refractivity contribution in [1.82, 2.24) is 9.78 Å². The summed E-state index contributed by atoms with van der Waals surface area (Å²) >= 11 is 0. The first-order valence-electron chi connectivity index (χ1n) is 11.1. The fraction of sp³-hybridized carbons (Fsp3) is 0.385. The Morgan fingerprint density at radius 1 is 1.06 bits per heavy atom. The summed E-state index contributed by atoms with van der Waals surface area (Å²) in [4.78, 5) is 13.0. The van der Waals surface area contributed by atoms with Crippen molar-refractivity contribution in [3.63, 3.8) is 0 Å². The van der Waals surface area contributed by atoms with Crippen LogP contribution in [0.5, 0.6) is 0 Å². The van der Waals surface area contributed by atoms with Gasteiger partial charge in [0, 0.05) is 12.8 Å². The number of aryl methyl sites for hydroxylation is 1. The largest absolute Gasteiger partial charge is 0.410 e. The number of fused-ring (bicyclic) bond motifs is 1. The number of hydrogen-bond donors (Lipinski definition) is 1. The van der Waals surface area contributed by atoms with E-state index in [1.54, 1.807) is 24.3 Å². The first-order valence-corrected chi connectivity index (χ1v) is 11.1. The number of aromatic nitrogens is 2. The fourth-order valence-electron chi connectivity index (χ4n) is 4.23. The van der Waals surface area contributed by atoms with Crippen molar-refractivity contribution in [1.29, 1.82) is 0 Å². The van der Waals surface area contributed by atoms with Gasteiger partial charge in [0.2, 0.25) is 0 Å². The summed E-state index contributed by atoms with van der Waals surface area (Å²) in [6, 6.07) is 14.8. The monoisotopic (exact) mass is 455 g/mol. The summed E-state index contributed by atoms with van der Waals surface area (Å²) in [5.74, 6) is -0.0798. The van der Waals surface area contributed by atoms with Crippen molar-refractivity contribution < 1.29 is 18.0 Å². The van der Waals surface area contributed by atoms with Gasteiger partial charge in [-0.05, 0) is 28.5 Å². The lowest BCUT2D eigenvalue weighted by atomic mass is 9.86. The molecule has 4 rings (SSSR count). The van der Waals surface area contributed by atoms with Crippen LogP contribution in [0.2, 0.25) is 0 Å². The third-order valence-corrected chi connectivity index (χ3v) is 6.20. The quantitative estimate of drug-likeness (QED) is 0.438. The number of carbonyl (C=O) groups is 1. The minimum atomic E-state index is -4.47. The fourth-order valence-corrected chi connectivity index (χ4v) is 4.23. The predicted molar refractivity (Wildman–Crippen MR) is 123 cm³/mol. The second kappa shape index (κ2) is 8.69. The van der Waals surface area contributed by atoms with Crippen LogP contribution < -0.4 is 5.32 Å². The van der Waals surface area contributed by atoms with E-state index in [1.165, 1.54) is 11.8 Å². The standard InChI is InChI=1S/C26H28F3N3O/c1-25(2,3)19-12-9-17(10-13-19)11-14-22(33)20-16-30-32-23(26(27,28)29)15-21(31-24(20)32)18-7-5-4-6-8-18/h4-10,12-13,16,21,23,31H,11,14-15H2,1-3H3. The maximum atomic E-state index is 13.8. The normalized spacial score (nSPS) is 18.5. The van der Waals surface area contributed by atoms with E-state index in [0.29, 0.717) is 6.42 Å². The second-order valence-electron chi connectivity index (χ2n) is 9.62. The summed E-state index contributed by atoms with van der Waals surface area (Å²) in [5, 5.41) is 7.11. The van der Waals surface area contributed by atoms with Gasteiger partial charge in [-0.25, -0.2) is 4.68 Å². The number of carbonyl (C=O) groups excluding carboxylic acids is 1. The highest BCUT2D eigenvalue weighted by atomic mass is 19.4. The van der Waals surface area contributed by atoms with Gasteiger partial charge in [0.05, 0.1) is 17.8 Å². The van der Waals surface area contributed by atoms with Crippen LogP contribution in [0.25, 0.3) is 0 Å². The zero-order valence-electron chi connectivity index (χ0n) is 19.0. The van der Waals surface area contributed by atoms with E-state index >= 15 is 0 Å². The van der Waals surface area contributed by atoms with E-state index < -0.39 is 18.3 Å². The molecule has 2 aromatic carbocycles. The molecule has 174 valence electrons. The van der Waals surface area contributed by atoms with Crippen LogP contribution in [0.3, 0.4) is 0 Å². The Morgan fingerprint density at radius 3 is 2.33 bits per heavy atom. The maximum Gasteiger partial charge on any atom is 0.410 e. The number of ketones is 1. The van der Waals surface area contributed by atoms with Crippen LogP contribution in [-0.2, 0) is 11.8 Å². The highest BCUT2D eigenvalue weighted by Crippen LogP contribution is 2.44. The van der Waals surface area contributed by atoms with Crippen LogP contribution in [0, 0.1) is 0 Å². The highest BCUT2D eigenvalue weighted by molar-refractivity contribution is 6.00. The molecular weight excluding hydrogens is 427 g/mol. The van der Waals surface area contributed by atoms with Gasteiger partial charge in [0.15, 0.2) is 11.8 Å². The molecule has 0 bridgehead atoms. The molecule has 1 aromatic heterocycles. The zero-order valence-corrected chi connectivity index (χ0v) is 19.0. The molecule has 7 heteroatoms.